The molecule has 1 saturated heterocycles. The Kier molecular flexibility index (Phi) is 6.06. The van der Waals surface area contributed by atoms with E-state index in [1.54, 1.807) is 26.8 Å². The lowest BCUT2D eigenvalue weighted by Gasteiger charge is -2.38. The van der Waals surface area contributed by atoms with Gasteiger partial charge in [0.25, 0.3) is 0 Å². The van der Waals surface area contributed by atoms with Crippen LogP contribution in [0.25, 0.3) is 0 Å². The molecule has 2 rings (SSSR count). The third kappa shape index (κ3) is 4.06. The predicted molar refractivity (Wildman–Crippen MR) is 95.1 cm³/mol. The Morgan fingerprint density at radius 1 is 1.42 bits per heavy atom. The van der Waals surface area contributed by atoms with E-state index >= 15 is 0 Å². The lowest BCUT2D eigenvalue weighted by molar-refractivity contribution is -0.185. The van der Waals surface area contributed by atoms with Crippen molar-refractivity contribution in [3.63, 3.8) is 0 Å². The van der Waals surface area contributed by atoms with Gasteiger partial charge in [-0.05, 0) is 40.0 Å². The standard InChI is InChI=1S/C20H28O6/c1-6-11(2)18(22)26-17-16-14(13(4)19(23)25-16)10-15(21)12(3)8-7-9-20(17,5)24/h6,12,14,16-17,24H,4,7-10H2,1-3,5H3/b11-6-/t12-,14+,16-,17-,20+/m1/s1. The van der Waals surface area contributed by atoms with Gasteiger partial charge in [-0.2, -0.15) is 0 Å². The highest BCUT2D eigenvalue weighted by Gasteiger charge is 2.52. The van der Waals surface area contributed by atoms with Gasteiger partial charge in [0.2, 0.25) is 0 Å². The number of allylic oxidation sites excluding steroid dienone is 1. The summed E-state index contributed by atoms with van der Waals surface area (Å²) in [6.45, 7) is 10.5. The maximum absolute atomic E-state index is 12.5. The van der Waals surface area contributed by atoms with Gasteiger partial charge in [0.15, 0.2) is 6.10 Å². The molecule has 1 N–H and O–H groups in total. The molecule has 1 aliphatic heterocycles. The largest absolute Gasteiger partial charge is 0.454 e. The second kappa shape index (κ2) is 7.74. The summed E-state index contributed by atoms with van der Waals surface area (Å²) in [6.07, 6.45) is 1.26. The third-order valence-corrected chi connectivity index (χ3v) is 5.54. The molecule has 1 heterocycles. The Balaban J connectivity index is 2.42. The Hall–Kier alpha value is -1.95. The van der Waals surface area contributed by atoms with Crippen LogP contribution in [0.15, 0.2) is 23.8 Å². The molecule has 0 aromatic rings. The minimum Gasteiger partial charge on any atom is -0.454 e. The number of carbonyl (C=O) groups is 3. The van der Waals surface area contributed by atoms with Crippen molar-refractivity contribution in [3.05, 3.63) is 23.8 Å². The number of Topliss-reactive ketones (excluding diaryl/α,β-unsaturated/α-hetero) is 1. The van der Waals surface area contributed by atoms with Gasteiger partial charge in [-0.15, -0.1) is 0 Å². The highest BCUT2D eigenvalue weighted by molar-refractivity contribution is 5.93. The summed E-state index contributed by atoms with van der Waals surface area (Å²) in [6, 6.07) is 0. The van der Waals surface area contributed by atoms with Gasteiger partial charge in [0.1, 0.15) is 17.5 Å². The number of fused-ring (bicyclic) bond motifs is 1. The monoisotopic (exact) mass is 364 g/mol. The van der Waals surface area contributed by atoms with E-state index in [2.05, 4.69) is 6.58 Å². The Bertz CT molecular complexity index is 645. The minimum atomic E-state index is -1.39. The fourth-order valence-corrected chi connectivity index (χ4v) is 3.50. The molecule has 0 spiro atoms. The SMILES string of the molecule is C=C1C(=O)O[C@H]2[C@@H](OC(=O)/C(C)=C\C)[C@@](C)(O)CCC[C@@H](C)C(=O)C[C@@H]12. The van der Waals surface area contributed by atoms with E-state index in [9.17, 15) is 19.5 Å². The van der Waals surface area contributed by atoms with E-state index in [0.29, 0.717) is 24.8 Å². The maximum Gasteiger partial charge on any atom is 0.334 e. The van der Waals surface area contributed by atoms with Gasteiger partial charge in [-0.25, -0.2) is 9.59 Å². The van der Waals surface area contributed by atoms with Crippen molar-refractivity contribution in [2.45, 2.75) is 71.2 Å². The topological polar surface area (TPSA) is 89.9 Å². The summed E-state index contributed by atoms with van der Waals surface area (Å²) in [4.78, 5) is 36.9. The summed E-state index contributed by atoms with van der Waals surface area (Å²) in [5.74, 6) is -1.94. The van der Waals surface area contributed by atoms with E-state index in [1.165, 1.54) is 0 Å². The predicted octanol–water partition coefficient (Wildman–Crippen LogP) is 2.49. The lowest BCUT2D eigenvalue weighted by Crippen LogP contribution is -2.52. The molecule has 2 aliphatic rings. The number of carbonyl (C=O) groups excluding carboxylic acids is 3. The van der Waals surface area contributed by atoms with E-state index in [0.717, 1.165) is 0 Å². The van der Waals surface area contributed by atoms with Crippen molar-refractivity contribution in [1.82, 2.24) is 0 Å². The molecule has 0 unspecified atom stereocenters. The van der Waals surface area contributed by atoms with Crippen LogP contribution in [-0.2, 0) is 23.9 Å². The summed E-state index contributed by atoms with van der Waals surface area (Å²) in [5, 5.41) is 11.0. The zero-order valence-corrected chi connectivity index (χ0v) is 15.9. The van der Waals surface area contributed by atoms with Gasteiger partial charge in [-0.3, -0.25) is 4.79 Å². The molecule has 0 radical (unpaired) electrons. The number of rotatable bonds is 2. The lowest BCUT2D eigenvalue weighted by atomic mass is 9.77. The van der Waals surface area contributed by atoms with Crippen molar-refractivity contribution in [2.24, 2.45) is 11.8 Å². The van der Waals surface area contributed by atoms with Crippen LogP contribution in [0.5, 0.6) is 0 Å². The molecule has 6 heteroatoms. The fraction of sp³-hybridized carbons (Fsp3) is 0.650. The highest BCUT2D eigenvalue weighted by atomic mass is 16.6. The van der Waals surface area contributed by atoms with Crippen LogP contribution < -0.4 is 0 Å². The van der Waals surface area contributed by atoms with Crippen molar-refractivity contribution in [2.75, 3.05) is 0 Å². The molecule has 5 atom stereocenters. The smallest absolute Gasteiger partial charge is 0.334 e. The number of esters is 2. The van der Waals surface area contributed by atoms with E-state index < -0.39 is 35.7 Å². The molecule has 0 bridgehead atoms. The quantitative estimate of drug-likeness (QED) is 0.598. The number of hydrogen-bond donors (Lipinski definition) is 1. The van der Waals surface area contributed by atoms with Crippen LogP contribution in [0.2, 0.25) is 0 Å². The summed E-state index contributed by atoms with van der Waals surface area (Å²) >= 11 is 0. The van der Waals surface area contributed by atoms with E-state index in [1.807, 2.05) is 6.92 Å². The van der Waals surface area contributed by atoms with Crippen molar-refractivity contribution < 1.29 is 29.0 Å². The number of aliphatic hydroxyl groups is 1. The molecule has 0 aromatic heterocycles. The second-order valence-electron chi connectivity index (χ2n) is 7.62. The molecular formula is C20H28O6. The second-order valence-corrected chi connectivity index (χ2v) is 7.62. The average Bonchev–Trinajstić information content (AvgIpc) is 2.85. The molecule has 0 aromatic carbocycles. The van der Waals surface area contributed by atoms with Gasteiger partial charge in [0, 0.05) is 29.4 Å². The Morgan fingerprint density at radius 2 is 2.08 bits per heavy atom. The summed E-state index contributed by atoms with van der Waals surface area (Å²) in [7, 11) is 0. The first-order valence-corrected chi connectivity index (χ1v) is 9.07. The molecular weight excluding hydrogens is 336 g/mol. The van der Waals surface area contributed by atoms with Crippen molar-refractivity contribution >= 4 is 17.7 Å². The molecule has 0 amide bonds. The maximum atomic E-state index is 12.5. The first-order chi connectivity index (χ1) is 12.1. The molecule has 144 valence electrons. The average molecular weight is 364 g/mol. The minimum absolute atomic E-state index is 0.0238. The van der Waals surface area contributed by atoms with Gasteiger partial charge >= 0.3 is 11.9 Å². The van der Waals surface area contributed by atoms with E-state index in [-0.39, 0.29) is 23.7 Å². The van der Waals surface area contributed by atoms with Crippen LogP contribution in [0.4, 0.5) is 0 Å². The summed E-state index contributed by atoms with van der Waals surface area (Å²) in [5.41, 5.74) is -0.810. The van der Waals surface area contributed by atoms with Crippen molar-refractivity contribution in [3.8, 4) is 0 Å². The number of ether oxygens (including phenoxy) is 2. The van der Waals surface area contributed by atoms with Crippen LogP contribution in [0, 0.1) is 11.8 Å². The Labute approximate surface area is 154 Å². The zero-order valence-electron chi connectivity index (χ0n) is 15.9. The highest BCUT2D eigenvalue weighted by Crippen LogP contribution is 2.39. The summed E-state index contributed by atoms with van der Waals surface area (Å²) < 4.78 is 11.0. The van der Waals surface area contributed by atoms with Crippen LogP contribution in [0.3, 0.4) is 0 Å². The molecule has 1 saturated carbocycles. The number of ketones is 1. The molecule has 1 aliphatic carbocycles. The van der Waals surface area contributed by atoms with Gasteiger partial charge in [0.05, 0.1) is 0 Å². The molecule has 6 nitrogen and oxygen atoms in total. The van der Waals surface area contributed by atoms with Crippen molar-refractivity contribution in [1.29, 1.82) is 0 Å². The molecule has 2 fully saturated rings. The molecule has 26 heavy (non-hydrogen) atoms. The van der Waals surface area contributed by atoms with Crippen LogP contribution in [0.1, 0.15) is 53.4 Å². The zero-order chi connectivity index (χ0) is 19.6. The normalized spacial score (nSPS) is 36.3. The Morgan fingerprint density at radius 3 is 2.69 bits per heavy atom. The third-order valence-electron chi connectivity index (χ3n) is 5.54. The van der Waals surface area contributed by atoms with Gasteiger partial charge < -0.3 is 14.6 Å². The van der Waals surface area contributed by atoms with Crippen LogP contribution >= 0.6 is 0 Å². The van der Waals surface area contributed by atoms with Gasteiger partial charge in [-0.1, -0.05) is 19.6 Å². The fourth-order valence-electron chi connectivity index (χ4n) is 3.50. The first kappa shape index (κ1) is 20.4. The number of hydrogen-bond acceptors (Lipinski definition) is 6. The first-order valence-electron chi connectivity index (χ1n) is 9.07. The van der Waals surface area contributed by atoms with E-state index in [4.69, 9.17) is 9.47 Å². The van der Waals surface area contributed by atoms with Crippen LogP contribution in [-0.4, -0.2) is 40.6 Å².